The lowest BCUT2D eigenvalue weighted by molar-refractivity contribution is -0.136. The fourth-order valence-electron chi connectivity index (χ4n) is 3.09. The standard InChI is InChI=1S/C22H17NO7/c1-26-18-9-12(2-6-17(18)29-21(24)13-3-4-13)8-15-22(25)30-20(23-15)14-5-7-16-19(10-14)28-11-27-16/h2,5-10,13H,3-4,11H2,1H3/b15-8-. The summed E-state index contributed by atoms with van der Waals surface area (Å²) in [5.41, 5.74) is 1.41. The van der Waals surface area contributed by atoms with Crippen LogP contribution < -0.4 is 18.9 Å². The molecule has 1 fully saturated rings. The van der Waals surface area contributed by atoms with Crippen molar-refractivity contribution < 1.29 is 33.3 Å². The highest BCUT2D eigenvalue weighted by molar-refractivity contribution is 6.13. The minimum Gasteiger partial charge on any atom is -0.493 e. The third-order valence-electron chi connectivity index (χ3n) is 4.85. The Hall–Kier alpha value is -3.81. The molecule has 2 aromatic rings. The zero-order valence-corrected chi connectivity index (χ0v) is 16.0. The van der Waals surface area contributed by atoms with Crippen LogP contribution in [0, 0.1) is 5.92 Å². The molecule has 2 aromatic carbocycles. The largest absolute Gasteiger partial charge is 0.493 e. The van der Waals surface area contributed by atoms with Crippen molar-refractivity contribution in [3.8, 4) is 23.0 Å². The second kappa shape index (κ2) is 7.22. The molecule has 152 valence electrons. The number of hydrogen-bond donors (Lipinski definition) is 0. The van der Waals surface area contributed by atoms with Crippen molar-refractivity contribution in [3.05, 3.63) is 53.2 Å². The molecule has 5 rings (SSSR count). The lowest BCUT2D eigenvalue weighted by Crippen LogP contribution is -2.10. The van der Waals surface area contributed by atoms with Crippen molar-refractivity contribution >= 4 is 23.9 Å². The average molecular weight is 407 g/mol. The zero-order chi connectivity index (χ0) is 20.7. The van der Waals surface area contributed by atoms with Crippen LogP contribution >= 0.6 is 0 Å². The number of esters is 2. The normalized spacial score (nSPS) is 18.2. The van der Waals surface area contributed by atoms with Crippen molar-refractivity contribution in [1.29, 1.82) is 0 Å². The van der Waals surface area contributed by atoms with E-state index in [4.69, 9.17) is 23.7 Å². The molecule has 0 N–H and O–H groups in total. The molecule has 8 nitrogen and oxygen atoms in total. The molecule has 30 heavy (non-hydrogen) atoms. The molecule has 1 aliphatic carbocycles. The summed E-state index contributed by atoms with van der Waals surface area (Å²) in [5, 5.41) is 0. The fraction of sp³-hybridized carbons (Fsp3) is 0.227. The SMILES string of the molecule is COc1cc(/C=C2\N=C(c3ccc4c(c3)OCO4)OC2=O)ccc1OC(=O)C1CC1. The van der Waals surface area contributed by atoms with E-state index < -0.39 is 5.97 Å². The Morgan fingerprint density at radius 2 is 1.93 bits per heavy atom. The number of carbonyl (C=O) groups excluding carboxylic acids is 2. The molecule has 0 saturated heterocycles. The van der Waals surface area contributed by atoms with Crippen LogP contribution in [-0.4, -0.2) is 31.7 Å². The van der Waals surface area contributed by atoms with Gasteiger partial charge in [0.1, 0.15) is 0 Å². The van der Waals surface area contributed by atoms with Crippen LogP contribution in [0.5, 0.6) is 23.0 Å². The van der Waals surface area contributed by atoms with E-state index in [-0.39, 0.29) is 30.3 Å². The van der Waals surface area contributed by atoms with Crippen LogP contribution in [0.1, 0.15) is 24.0 Å². The Labute approximate surface area is 171 Å². The van der Waals surface area contributed by atoms with E-state index >= 15 is 0 Å². The maximum Gasteiger partial charge on any atom is 0.363 e. The number of methoxy groups -OCH3 is 1. The predicted molar refractivity (Wildman–Crippen MR) is 105 cm³/mol. The quantitative estimate of drug-likeness (QED) is 0.427. The zero-order valence-electron chi connectivity index (χ0n) is 16.0. The number of hydrogen-bond acceptors (Lipinski definition) is 8. The number of nitrogens with zero attached hydrogens (tertiary/aromatic N) is 1. The van der Waals surface area contributed by atoms with Crippen molar-refractivity contribution in [2.24, 2.45) is 10.9 Å². The number of fused-ring (bicyclic) bond motifs is 1. The molecular formula is C22H17NO7. The van der Waals surface area contributed by atoms with Gasteiger partial charge in [-0.2, -0.15) is 0 Å². The van der Waals surface area contributed by atoms with Gasteiger partial charge in [-0.05, 0) is 54.8 Å². The molecule has 2 heterocycles. The topological polar surface area (TPSA) is 92.7 Å². The first kappa shape index (κ1) is 18.2. The summed E-state index contributed by atoms with van der Waals surface area (Å²) in [6.07, 6.45) is 3.30. The molecule has 0 bridgehead atoms. The van der Waals surface area contributed by atoms with E-state index in [1.54, 1.807) is 42.5 Å². The van der Waals surface area contributed by atoms with Crippen LogP contribution in [0.2, 0.25) is 0 Å². The lowest BCUT2D eigenvalue weighted by atomic mass is 10.1. The van der Waals surface area contributed by atoms with Gasteiger partial charge in [-0.25, -0.2) is 9.79 Å². The third kappa shape index (κ3) is 3.47. The second-order valence-electron chi connectivity index (χ2n) is 7.01. The first-order valence-electron chi connectivity index (χ1n) is 9.43. The molecule has 0 unspecified atom stereocenters. The number of carbonyl (C=O) groups is 2. The molecule has 8 heteroatoms. The summed E-state index contributed by atoms with van der Waals surface area (Å²) < 4.78 is 26.7. The molecular weight excluding hydrogens is 390 g/mol. The summed E-state index contributed by atoms with van der Waals surface area (Å²) in [6.45, 7) is 0.157. The first-order valence-corrected chi connectivity index (χ1v) is 9.43. The summed E-state index contributed by atoms with van der Waals surface area (Å²) in [6, 6.07) is 10.2. The summed E-state index contributed by atoms with van der Waals surface area (Å²) in [7, 11) is 1.49. The van der Waals surface area contributed by atoms with Gasteiger partial charge in [0.25, 0.3) is 0 Å². The minimum atomic E-state index is -0.564. The van der Waals surface area contributed by atoms with Crippen molar-refractivity contribution in [2.75, 3.05) is 13.9 Å². The molecule has 0 amide bonds. The molecule has 1 saturated carbocycles. The fourth-order valence-corrected chi connectivity index (χ4v) is 3.09. The number of benzene rings is 2. The Bertz CT molecular complexity index is 1110. The van der Waals surface area contributed by atoms with Crippen molar-refractivity contribution in [3.63, 3.8) is 0 Å². The van der Waals surface area contributed by atoms with Crippen LogP contribution in [0.25, 0.3) is 6.08 Å². The minimum absolute atomic E-state index is 0.0197. The van der Waals surface area contributed by atoms with E-state index in [2.05, 4.69) is 4.99 Å². The van der Waals surface area contributed by atoms with Crippen LogP contribution in [-0.2, 0) is 14.3 Å². The van der Waals surface area contributed by atoms with Gasteiger partial charge in [0.2, 0.25) is 12.7 Å². The van der Waals surface area contributed by atoms with E-state index in [1.165, 1.54) is 7.11 Å². The van der Waals surface area contributed by atoms with Gasteiger partial charge in [0.05, 0.1) is 13.0 Å². The van der Waals surface area contributed by atoms with E-state index in [0.29, 0.717) is 34.1 Å². The third-order valence-corrected chi connectivity index (χ3v) is 4.85. The van der Waals surface area contributed by atoms with Crippen LogP contribution in [0.15, 0.2) is 47.1 Å². The molecule has 0 radical (unpaired) electrons. The molecule has 2 aliphatic heterocycles. The molecule has 0 aromatic heterocycles. The average Bonchev–Trinajstić information content (AvgIpc) is 3.40. The molecule has 0 atom stereocenters. The predicted octanol–water partition coefficient (Wildman–Crippen LogP) is 3.08. The Kier molecular flexibility index (Phi) is 4.39. The van der Waals surface area contributed by atoms with E-state index in [1.807, 2.05) is 0 Å². The first-order chi connectivity index (χ1) is 14.6. The highest BCUT2D eigenvalue weighted by atomic mass is 16.7. The summed E-state index contributed by atoms with van der Waals surface area (Å²) in [5.74, 6) is 1.29. The summed E-state index contributed by atoms with van der Waals surface area (Å²) in [4.78, 5) is 28.5. The summed E-state index contributed by atoms with van der Waals surface area (Å²) >= 11 is 0. The van der Waals surface area contributed by atoms with Gasteiger partial charge < -0.3 is 23.7 Å². The number of aliphatic imine (C=N–C) groups is 1. The van der Waals surface area contributed by atoms with Gasteiger partial charge in [0.15, 0.2) is 28.7 Å². The maximum atomic E-state index is 12.3. The molecule has 0 spiro atoms. The monoisotopic (exact) mass is 407 g/mol. The number of cyclic esters (lactones) is 1. The maximum absolute atomic E-state index is 12.3. The smallest absolute Gasteiger partial charge is 0.363 e. The lowest BCUT2D eigenvalue weighted by Gasteiger charge is -2.09. The Morgan fingerprint density at radius 1 is 1.10 bits per heavy atom. The second-order valence-corrected chi connectivity index (χ2v) is 7.01. The van der Waals surface area contributed by atoms with Crippen LogP contribution in [0.3, 0.4) is 0 Å². The number of rotatable bonds is 5. The van der Waals surface area contributed by atoms with Gasteiger partial charge >= 0.3 is 11.9 Å². The van der Waals surface area contributed by atoms with Crippen molar-refractivity contribution in [1.82, 2.24) is 0 Å². The van der Waals surface area contributed by atoms with Gasteiger partial charge in [-0.15, -0.1) is 0 Å². The van der Waals surface area contributed by atoms with E-state index in [0.717, 1.165) is 12.8 Å². The Balaban J connectivity index is 1.39. The van der Waals surface area contributed by atoms with Gasteiger partial charge in [-0.3, -0.25) is 4.79 Å². The molecule has 3 aliphatic rings. The van der Waals surface area contributed by atoms with Gasteiger partial charge in [0, 0.05) is 5.56 Å². The number of ether oxygens (including phenoxy) is 5. The van der Waals surface area contributed by atoms with Crippen LogP contribution in [0.4, 0.5) is 0 Å². The van der Waals surface area contributed by atoms with E-state index in [9.17, 15) is 9.59 Å². The highest BCUT2D eigenvalue weighted by Gasteiger charge is 2.32. The Morgan fingerprint density at radius 3 is 2.73 bits per heavy atom. The highest BCUT2D eigenvalue weighted by Crippen LogP contribution is 2.35. The van der Waals surface area contributed by atoms with Gasteiger partial charge in [-0.1, -0.05) is 6.07 Å². The van der Waals surface area contributed by atoms with Crippen molar-refractivity contribution in [2.45, 2.75) is 12.8 Å².